The quantitative estimate of drug-likeness (QED) is 0.275. The van der Waals surface area contributed by atoms with Crippen molar-refractivity contribution in [3.8, 4) is 0 Å². The third-order valence-electron chi connectivity index (χ3n) is 4.22. The molecular weight excluding hydrogens is 368 g/mol. The van der Waals surface area contributed by atoms with Crippen molar-refractivity contribution in [1.29, 1.82) is 0 Å². The fraction of sp³-hybridized carbons (Fsp3) is 0.357. The third kappa shape index (κ3) is 2.96. The maximum Gasteiger partial charge on any atom is 0.301 e. The minimum atomic E-state index is -0.672. The summed E-state index contributed by atoms with van der Waals surface area (Å²) in [6.07, 6.45) is 8.08. The van der Waals surface area contributed by atoms with Crippen LogP contribution in [-0.2, 0) is 0 Å². The molecule has 1 aromatic rings. The highest BCUT2D eigenvalue weighted by atomic mass is 79.9. The number of non-ortho nitro benzene ring substituents is 1. The summed E-state index contributed by atoms with van der Waals surface area (Å²) in [5.74, 6) is 0.907. The maximum atomic E-state index is 11.1. The monoisotopic (exact) mass is 380 g/mol. The zero-order chi connectivity index (χ0) is 16.6. The highest BCUT2D eigenvalue weighted by Crippen LogP contribution is 2.50. The minimum absolute atomic E-state index is 0.117. The SMILES string of the molecule is O=[N+]([O-])c1ccc(N/N=C/[C@@]2(Br)C[C@H]3C=C[C@@H]2C3)c([N+](=O)[O-])c1. The molecule has 9 heteroatoms. The van der Waals surface area contributed by atoms with E-state index in [2.05, 4.69) is 38.6 Å². The number of hydrogen-bond donors (Lipinski definition) is 1. The van der Waals surface area contributed by atoms with Gasteiger partial charge in [-0.05, 0) is 30.7 Å². The Labute approximate surface area is 139 Å². The molecular formula is C14H13BrN4O4. The van der Waals surface area contributed by atoms with Crippen molar-refractivity contribution >= 4 is 39.2 Å². The van der Waals surface area contributed by atoms with E-state index in [4.69, 9.17) is 0 Å². The van der Waals surface area contributed by atoms with E-state index in [1.807, 2.05) is 0 Å². The lowest BCUT2D eigenvalue weighted by atomic mass is 9.95. The van der Waals surface area contributed by atoms with Crippen LogP contribution in [0.5, 0.6) is 0 Å². The molecule has 0 radical (unpaired) electrons. The Morgan fingerprint density at radius 2 is 2.09 bits per heavy atom. The number of nitro benzene ring substituents is 2. The van der Waals surface area contributed by atoms with Crippen molar-refractivity contribution in [3.63, 3.8) is 0 Å². The molecule has 2 aliphatic rings. The van der Waals surface area contributed by atoms with Crippen LogP contribution >= 0.6 is 15.9 Å². The van der Waals surface area contributed by atoms with Gasteiger partial charge in [0.15, 0.2) is 0 Å². The number of halogens is 1. The molecule has 0 amide bonds. The lowest BCUT2D eigenvalue weighted by Gasteiger charge is -2.24. The molecule has 1 N–H and O–H groups in total. The fourth-order valence-corrected chi connectivity index (χ4v) is 3.93. The average Bonchev–Trinajstić information content (AvgIpc) is 3.07. The number of alkyl halides is 1. The number of benzene rings is 1. The van der Waals surface area contributed by atoms with Gasteiger partial charge in [-0.1, -0.05) is 28.1 Å². The predicted octanol–water partition coefficient (Wildman–Crippen LogP) is 3.63. The second-order valence-corrected chi connectivity index (χ2v) is 7.18. The Morgan fingerprint density at radius 1 is 1.30 bits per heavy atom. The molecule has 1 saturated carbocycles. The van der Waals surface area contributed by atoms with Gasteiger partial charge in [0.2, 0.25) is 0 Å². The van der Waals surface area contributed by atoms with Gasteiger partial charge < -0.3 is 0 Å². The standard InChI is InChI=1S/C14H13BrN4O4/c15-14(7-9-1-2-10(14)5-9)8-16-17-12-4-3-11(18(20)21)6-13(12)19(22)23/h1-4,6,8-10,17H,5,7H2/b16-8+/t9-,10+,14-/m0/s1. The molecule has 1 fully saturated rings. The molecule has 0 aliphatic heterocycles. The minimum Gasteiger partial charge on any atom is -0.272 e. The van der Waals surface area contributed by atoms with Crippen LogP contribution < -0.4 is 5.43 Å². The Morgan fingerprint density at radius 3 is 2.65 bits per heavy atom. The molecule has 0 unspecified atom stereocenters. The van der Waals surface area contributed by atoms with Crippen LogP contribution in [0.2, 0.25) is 0 Å². The van der Waals surface area contributed by atoms with Gasteiger partial charge in [0.1, 0.15) is 5.69 Å². The van der Waals surface area contributed by atoms with Crippen LogP contribution in [0.1, 0.15) is 12.8 Å². The number of nitrogens with one attached hydrogen (secondary N) is 1. The van der Waals surface area contributed by atoms with Crippen molar-refractivity contribution in [1.82, 2.24) is 0 Å². The fourth-order valence-electron chi connectivity index (χ4n) is 3.07. The summed E-state index contributed by atoms with van der Waals surface area (Å²) >= 11 is 3.69. The van der Waals surface area contributed by atoms with Gasteiger partial charge in [0.25, 0.3) is 5.69 Å². The molecule has 0 heterocycles. The second kappa shape index (κ2) is 5.73. The van der Waals surface area contributed by atoms with Gasteiger partial charge in [-0.25, -0.2) is 0 Å². The summed E-state index contributed by atoms with van der Waals surface area (Å²) in [6.45, 7) is 0. The Hall–Kier alpha value is -2.29. The van der Waals surface area contributed by atoms with Crippen LogP contribution in [0.4, 0.5) is 17.1 Å². The predicted molar refractivity (Wildman–Crippen MR) is 88.9 cm³/mol. The molecule has 0 aromatic heterocycles. The molecule has 3 rings (SSSR count). The molecule has 2 aliphatic carbocycles. The maximum absolute atomic E-state index is 11.1. The van der Waals surface area contributed by atoms with E-state index < -0.39 is 9.85 Å². The topological polar surface area (TPSA) is 111 Å². The molecule has 1 aromatic carbocycles. The first-order valence-corrected chi connectivity index (χ1v) is 7.78. The van der Waals surface area contributed by atoms with E-state index in [0.29, 0.717) is 11.8 Å². The van der Waals surface area contributed by atoms with E-state index in [0.717, 1.165) is 18.9 Å². The highest BCUT2D eigenvalue weighted by molar-refractivity contribution is 9.10. The molecule has 0 spiro atoms. The second-order valence-electron chi connectivity index (χ2n) is 5.70. The molecule has 23 heavy (non-hydrogen) atoms. The Bertz CT molecular complexity index is 735. The lowest BCUT2D eigenvalue weighted by molar-refractivity contribution is -0.393. The summed E-state index contributed by atoms with van der Waals surface area (Å²) in [6, 6.07) is 3.41. The van der Waals surface area contributed by atoms with Crippen LogP contribution in [-0.4, -0.2) is 20.4 Å². The van der Waals surface area contributed by atoms with Crippen LogP contribution in [0.15, 0.2) is 35.5 Å². The van der Waals surface area contributed by atoms with Gasteiger partial charge in [0.05, 0.1) is 20.2 Å². The van der Waals surface area contributed by atoms with E-state index in [1.54, 1.807) is 6.21 Å². The molecule has 120 valence electrons. The number of hydrazone groups is 1. The number of fused-ring (bicyclic) bond motifs is 2. The summed E-state index contributed by atoms with van der Waals surface area (Å²) < 4.78 is -0.241. The number of hydrogen-bond acceptors (Lipinski definition) is 6. The van der Waals surface area contributed by atoms with Crippen molar-refractivity contribution in [3.05, 3.63) is 50.6 Å². The third-order valence-corrected chi connectivity index (χ3v) is 5.33. The van der Waals surface area contributed by atoms with Crippen LogP contribution in [0, 0.1) is 32.1 Å². The van der Waals surface area contributed by atoms with Gasteiger partial charge in [-0.15, -0.1) is 0 Å². The summed E-state index contributed by atoms with van der Waals surface area (Å²) in [5.41, 5.74) is 2.03. The van der Waals surface area contributed by atoms with E-state index in [9.17, 15) is 20.2 Å². The Kier molecular flexibility index (Phi) is 3.88. The normalized spacial score (nSPS) is 28.4. The van der Waals surface area contributed by atoms with Crippen molar-refractivity contribution < 1.29 is 9.85 Å². The number of rotatable bonds is 5. The van der Waals surface area contributed by atoms with Gasteiger partial charge >= 0.3 is 5.69 Å². The first-order chi connectivity index (χ1) is 10.9. The van der Waals surface area contributed by atoms with E-state index in [1.165, 1.54) is 12.1 Å². The van der Waals surface area contributed by atoms with Crippen LogP contribution in [0.25, 0.3) is 0 Å². The van der Waals surface area contributed by atoms with Gasteiger partial charge in [0, 0.05) is 12.3 Å². The van der Waals surface area contributed by atoms with E-state index in [-0.39, 0.29) is 21.4 Å². The van der Waals surface area contributed by atoms with E-state index >= 15 is 0 Å². The molecule has 8 nitrogen and oxygen atoms in total. The van der Waals surface area contributed by atoms with Crippen LogP contribution in [0.3, 0.4) is 0 Å². The number of nitro groups is 2. The van der Waals surface area contributed by atoms with Crippen molar-refractivity contribution in [2.24, 2.45) is 16.9 Å². The molecule has 0 saturated heterocycles. The summed E-state index contributed by atoms with van der Waals surface area (Å²) in [4.78, 5) is 20.4. The zero-order valence-corrected chi connectivity index (χ0v) is 13.5. The Balaban J connectivity index is 1.78. The molecule has 2 bridgehead atoms. The largest absolute Gasteiger partial charge is 0.301 e. The average molecular weight is 381 g/mol. The van der Waals surface area contributed by atoms with Crippen molar-refractivity contribution in [2.45, 2.75) is 17.2 Å². The first kappa shape index (κ1) is 15.6. The van der Waals surface area contributed by atoms with Crippen molar-refractivity contribution in [2.75, 3.05) is 5.43 Å². The summed E-state index contributed by atoms with van der Waals surface area (Å²) in [5, 5.41) is 25.9. The number of allylic oxidation sites excluding steroid dienone is 2. The highest BCUT2D eigenvalue weighted by Gasteiger charge is 2.45. The first-order valence-electron chi connectivity index (χ1n) is 6.99. The van der Waals surface area contributed by atoms with Gasteiger partial charge in [-0.3, -0.25) is 25.7 Å². The van der Waals surface area contributed by atoms with Gasteiger partial charge in [-0.2, -0.15) is 5.10 Å². The lowest BCUT2D eigenvalue weighted by Crippen LogP contribution is -2.28. The zero-order valence-electron chi connectivity index (χ0n) is 11.9. The molecule has 3 atom stereocenters. The number of anilines is 1. The summed E-state index contributed by atoms with van der Waals surface area (Å²) in [7, 11) is 0. The smallest absolute Gasteiger partial charge is 0.272 e. The number of nitrogens with zero attached hydrogens (tertiary/aromatic N) is 3.